The summed E-state index contributed by atoms with van der Waals surface area (Å²) < 4.78 is 5.36. The number of benzene rings is 1. The van der Waals surface area contributed by atoms with Crippen LogP contribution in [0.15, 0.2) is 24.3 Å². The number of ether oxygens (including phenoxy) is 1. The maximum absolute atomic E-state index is 13.1. The van der Waals surface area contributed by atoms with E-state index in [9.17, 15) is 9.59 Å². The molecule has 2 saturated heterocycles. The minimum atomic E-state index is -0.309. The lowest BCUT2D eigenvalue weighted by Crippen LogP contribution is -2.53. The first-order valence-corrected chi connectivity index (χ1v) is 9.02. The highest BCUT2D eigenvalue weighted by Gasteiger charge is 2.40. The summed E-state index contributed by atoms with van der Waals surface area (Å²) >= 11 is 0. The van der Waals surface area contributed by atoms with E-state index in [4.69, 9.17) is 10.5 Å². The monoisotopic (exact) mass is 381 g/mol. The lowest BCUT2D eigenvalue weighted by molar-refractivity contribution is -0.139. The number of piperidine rings is 1. The molecule has 0 saturated carbocycles. The number of halogens is 1. The van der Waals surface area contributed by atoms with Crippen LogP contribution < -0.4 is 15.4 Å². The Bertz CT molecular complexity index is 653. The van der Waals surface area contributed by atoms with E-state index in [0.29, 0.717) is 12.3 Å². The van der Waals surface area contributed by atoms with Crippen molar-refractivity contribution >= 4 is 29.9 Å². The summed E-state index contributed by atoms with van der Waals surface area (Å²) in [5.41, 5.74) is 6.82. The van der Waals surface area contributed by atoms with Gasteiger partial charge in [-0.25, -0.2) is 0 Å². The van der Waals surface area contributed by atoms with Gasteiger partial charge in [-0.2, -0.15) is 0 Å². The second-order valence-electron chi connectivity index (χ2n) is 7.03. The smallest absolute Gasteiger partial charge is 0.228 e. The van der Waals surface area contributed by atoms with Gasteiger partial charge in [0.25, 0.3) is 0 Å². The largest absolute Gasteiger partial charge is 0.495 e. The maximum Gasteiger partial charge on any atom is 0.228 e. The molecule has 2 fully saturated rings. The SMILES string of the molecule is COc1ccccc1N1CC(C(=O)N2CCCCC2C(C)N)CC1=O.Cl. The molecular formula is C19H28ClN3O3. The minimum Gasteiger partial charge on any atom is -0.495 e. The molecule has 0 aliphatic carbocycles. The Morgan fingerprint density at radius 2 is 2.04 bits per heavy atom. The quantitative estimate of drug-likeness (QED) is 0.867. The predicted molar refractivity (Wildman–Crippen MR) is 104 cm³/mol. The molecule has 0 aromatic heterocycles. The van der Waals surface area contributed by atoms with Gasteiger partial charge < -0.3 is 20.3 Å². The molecule has 6 nitrogen and oxygen atoms in total. The van der Waals surface area contributed by atoms with Crippen LogP contribution in [-0.2, 0) is 9.59 Å². The molecule has 7 heteroatoms. The third-order valence-corrected chi connectivity index (χ3v) is 5.29. The fourth-order valence-corrected chi connectivity index (χ4v) is 3.97. The Morgan fingerprint density at radius 1 is 1.31 bits per heavy atom. The third kappa shape index (κ3) is 3.96. The van der Waals surface area contributed by atoms with Crippen LogP contribution in [0.4, 0.5) is 5.69 Å². The van der Waals surface area contributed by atoms with Crippen molar-refractivity contribution in [3.63, 3.8) is 0 Å². The van der Waals surface area contributed by atoms with E-state index in [-0.39, 0.29) is 48.6 Å². The highest BCUT2D eigenvalue weighted by molar-refractivity contribution is 6.01. The van der Waals surface area contributed by atoms with E-state index in [0.717, 1.165) is 31.5 Å². The molecule has 2 N–H and O–H groups in total. The van der Waals surface area contributed by atoms with E-state index in [1.807, 2.05) is 36.1 Å². The van der Waals surface area contributed by atoms with Crippen molar-refractivity contribution in [3.05, 3.63) is 24.3 Å². The Morgan fingerprint density at radius 3 is 2.73 bits per heavy atom. The number of nitrogens with zero attached hydrogens (tertiary/aromatic N) is 2. The Labute approximate surface area is 161 Å². The molecular weight excluding hydrogens is 354 g/mol. The van der Waals surface area contributed by atoms with Crippen molar-refractivity contribution in [1.29, 1.82) is 0 Å². The molecule has 2 aliphatic heterocycles. The fourth-order valence-electron chi connectivity index (χ4n) is 3.97. The maximum atomic E-state index is 13.1. The second kappa shape index (κ2) is 8.73. The van der Waals surface area contributed by atoms with Crippen molar-refractivity contribution in [3.8, 4) is 5.75 Å². The van der Waals surface area contributed by atoms with Gasteiger partial charge >= 0.3 is 0 Å². The summed E-state index contributed by atoms with van der Waals surface area (Å²) in [5.74, 6) is 0.372. The first kappa shape index (κ1) is 20.5. The number of likely N-dealkylation sites (tertiary alicyclic amines) is 1. The molecule has 3 unspecified atom stereocenters. The Hall–Kier alpha value is -1.79. The fraction of sp³-hybridized carbons (Fsp3) is 0.579. The van der Waals surface area contributed by atoms with Crippen molar-refractivity contribution in [1.82, 2.24) is 4.90 Å². The van der Waals surface area contributed by atoms with Crippen LogP contribution in [0.25, 0.3) is 0 Å². The highest BCUT2D eigenvalue weighted by Crippen LogP contribution is 2.34. The number of nitrogens with two attached hydrogens (primary N) is 1. The van der Waals surface area contributed by atoms with Crippen molar-refractivity contribution in [2.75, 3.05) is 25.1 Å². The van der Waals surface area contributed by atoms with E-state index in [1.54, 1.807) is 12.0 Å². The first-order chi connectivity index (χ1) is 12.0. The molecule has 0 radical (unpaired) electrons. The van der Waals surface area contributed by atoms with Crippen molar-refractivity contribution < 1.29 is 14.3 Å². The molecule has 1 aromatic rings. The number of methoxy groups -OCH3 is 1. The Balaban J connectivity index is 0.00000243. The van der Waals surface area contributed by atoms with Gasteiger partial charge in [0.05, 0.1) is 18.7 Å². The summed E-state index contributed by atoms with van der Waals surface area (Å²) in [5, 5.41) is 0. The minimum absolute atomic E-state index is 0. The number of anilines is 1. The highest BCUT2D eigenvalue weighted by atomic mass is 35.5. The summed E-state index contributed by atoms with van der Waals surface area (Å²) in [7, 11) is 1.59. The van der Waals surface area contributed by atoms with Crippen LogP contribution in [-0.4, -0.2) is 49.0 Å². The predicted octanol–water partition coefficient (Wildman–Crippen LogP) is 2.20. The molecule has 2 amide bonds. The van der Waals surface area contributed by atoms with Crippen LogP contribution in [0.2, 0.25) is 0 Å². The van der Waals surface area contributed by atoms with Gasteiger partial charge in [0, 0.05) is 31.6 Å². The van der Waals surface area contributed by atoms with Gasteiger partial charge in [-0.05, 0) is 38.3 Å². The molecule has 0 spiro atoms. The van der Waals surface area contributed by atoms with Gasteiger partial charge in [-0.15, -0.1) is 12.4 Å². The number of carbonyl (C=O) groups excluding carboxylic acids is 2. The molecule has 3 atom stereocenters. The van der Waals surface area contributed by atoms with Crippen molar-refractivity contribution in [2.24, 2.45) is 11.7 Å². The number of rotatable bonds is 4. The normalized spacial score (nSPS) is 24.2. The van der Waals surface area contributed by atoms with Gasteiger partial charge in [0.15, 0.2) is 0 Å². The summed E-state index contributed by atoms with van der Waals surface area (Å²) in [6.45, 7) is 3.10. The summed E-state index contributed by atoms with van der Waals surface area (Å²) in [4.78, 5) is 29.2. The van der Waals surface area contributed by atoms with Crippen LogP contribution in [0, 0.1) is 5.92 Å². The summed E-state index contributed by atoms with van der Waals surface area (Å²) in [6, 6.07) is 7.45. The summed E-state index contributed by atoms with van der Waals surface area (Å²) in [6.07, 6.45) is 3.30. The van der Waals surface area contributed by atoms with Gasteiger partial charge in [-0.1, -0.05) is 12.1 Å². The van der Waals surface area contributed by atoms with Crippen LogP contribution in [0.1, 0.15) is 32.6 Å². The zero-order valence-electron chi connectivity index (χ0n) is 15.4. The standard InChI is InChI=1S/C19H27N3O3.ClH/c1-13(20)15-7-5-6-10-21(15)19(24)14-11-18(23)22(12-14)16-8-3-4-9-17(16)25-2;/h3-4,8-9,13-15H,5-7,10-12,20H2,1-2H3;1H. The number of para-hydroxylation sites is 2. The lowest BCUT2D eigenvalue weighted by Gasteiger charge is -2.39. The Kier molecular flexibility index (Phi) is 6.89. The number of hydrogen-bond acceptors (Lipinski definition) is 4. The van der Waals surface area contributed by atoms with E-state index >= 15 is 0 Å². The zero-order chi connectivity index (χ0) is 18.0. The number of hydrogen-bond donors (Lipinski definition) is 1. The van der Waals surface area contributed by atoms with Crippen LogP contribution in [0.3, 0.4) is 0 Å². The van der Waals surface area contributed by atoms with E-state index in [1.165, 1.54) is 0 Å². The average Bonchev–Trinajstić information content (AvgIpc) is 3.02. The van der Waals surface area contributed by atoms with E-state index < -0.39 is 0 Å². The van der Waals surface area contributed by atoms with Crippen LogP contribution in [0.5, 0.6) is 5.75 Å². The number of amides is 2. The van der Waals surface area contributed by atoms with Gasteiger partial charge in [-0.3, -0.25) is 9.59 Å². The molecule has 2 heterocycles. The molecule has 2 aliphatic rings. The molecule has 3 rings (SSSR count). The van der Waals surface area contributed by atoms with E-state index in [2.05, 4.69) is 0 Å². The first-order valence-electron chi connectivity index (χ1n) is 9.02. The zero-order valence-corrected chi connectivity index (χ0v) is 16.2. The molecule has 144 valence electrons. The average molecular weight is 382 g/mol. The molecule has 1 aromatic carbocycles. The van der Waals surface area contributed by atoms with Gasteiger partial charge in [0.1, 0.15) is 5.75 Å². The topological polar surface area (TPSA) is 75.9 Å². The van der Waals surface area contributed by atoms with Crippen molar-refractivity contribution in [2.45, 2.75) is 44.7 Å². The number of carbonyl (C=O) groups is 2. The van der Waals surface area contributed by atoms with Gasteiger partial charge in [0.2, 0.25) is 11.8 Å². The third-order valence-electron chi connectivity index (χ3n) is 5.29. The molecule has 0 bridgehead atoms. The lowest BCUT2D eigenvalue weighted by atomic mass is 9.94. The van der Waals surface area contributed by atoms with Crippen LogP contribution >= 0.6 is 12.4 Å². The molecule has 26 heavy (non-hydrogen) atoms. The second-order valence-corrected chi connectivity index (χ2v) is 7.03.